The minimum Gasteiger partial charge on any atom is -0.493 e. The summed E-state index contributed by atoms with van der Waals surface area (Å²) >= 11 is 1.55. The van der Waals surface area contributed by atoms with Crippen LogP contribution in [0.4, 0.5) is 5.69 Å². The molecule has 0 radical (unpaired) electrons. The number of amides is 1. The maximum Gasteiger partial charge on any atom is 0.232 e. The molecule has 7 heteroatoms. The van der Waals surface area contributed by atoms with Crippen molar-refractivity contribution < 1.29 is 9.53 Å². The van der Waals surface area contributed by atoms with Crippen LogP contribution in [0.25, 0.3) is 0 Å². The number of anilines is 1. The third-order valence-corrected chi connectivity index (χ3v) is 4.89. The minimum absolute atomic E-state index is 0.113. The molecule has 3 aromatic rings. The van der Waals surface area contributed by atoms with Gasteiger partial charge in [-0.2, -0.15) is 0 Å². The van der Waals surface area contributed by atoms with Gasteiger partial charge in [-0.25, -0.2) is 0 Å². The highest BCUT2D eigenvalue weighted by atomic mass is 32.2. The molecule has 0 aliphatic carbocycles. The lowest BCUT2D eigenvalue weighted by Crippen LogP contribution is -2.17. The second kappa shape index (κ2) is 9.23. The number of carbonyl (C=O) groups excluding carboxylic acids is 1. The zero-order chi connectivity index (χ0) is 19.1. The van der Waals surface area contributed by atoms with Gasteiger partial charge >= 0.3 is 0 Å². The largest absolute Gasteiger partial charge is 0.493 e. The highest BCUT2D eigenvalue weighted by Crippen LogP contribution is 2.17. The summed E-state index contributed by atoms with van der Waals surface area (Å²) in [7, 11) is 1.87. The molecule has 1 amide bonds. The van der Waals surface area contributed by atoms with E-state index < -0.39 is 0 Å². The number of rotatable bonds is 8. The molecule has 0 aliphatic rings. The van der Waals surface area contributed by atoms with Crippen molar-refractivity contribution in [3.05, 3.63) is 66.0 Å². The molecule has 0 fully saturated rings. The van der Waals surface area contributed by atoms with E-state index >= 15 is 0 Å². The molecule has 1 aromatic heterocycles. The van der Waals surface area contributed by atoms with Crippen LogP contribution < -0.4 is 10.1 Å². The van der Waals surface area contributed by atoms with Gasteiger partial charge in [0.2, 0.25) is 5.91 Å². The summed E-state index contributed by atoms with van der Waals surface area (Å²) in [5.74, 6) is 2.12. The normalized spacial score (nSPS) is 10.6. The number of ether oxygens (including phenoxy) is 1. The number of para-hydroxylation sites is 1. The van der Waals surface area contributed by atoms with Gasteiger partial charge in [-0.1, -0.05) is 47.7 Å². The summed E-state index contributed by atoms with van der Waals surface area (Å²) in [5, 5.41) is 12.0. The van der Waals surface area contributed by atoms with Crippen molar-refractivity contribution in [2.24, 2.45) is 7.05 Å². The first-order valence-electron chi connectivity index (χ1n) is 8.67. The summed E-state index contributed by atoms with van der Waals surface area (Å²) < 4.78 is 7.52. The van der Waals surface area contributed by atoms with Gasteiger partial charge in [-0.15, -0.1) is 10.2 Å². The number of hydrogen-bond acceptors (Lipinski definition) is 5. The summed E-state index contributed by atoms with van der Waals surface area (Å²) in [6, 6.07) is 17.4. The molecule has 0 saturated heterocycles. The molecule has 0 saturated carbocycles. The smallest absolute Gasteiger partial charge is 0.232 e. The summed E-state index contributed by atoms with van der Waals surface area (Å²) in [4.78, 5) is 12.2. The van der Waals surface area contributed by atoms with Crippen LogP contribution in [0.2, 0.25) is 0 Å². The van der Waals surface area contributed by atoms with E-state index in [0.29, 0.717) is 12.4 Å². The van der Waals surface area contributed by atoms with Gasteiger partial charge in [-0.3, -0.25) is 4.79 Å². The highest BCUT2D eigenvalue weighted by molar-refractivity contribution is 7.99. The zero-order valence-corrected chi connectivity index (χ0v) is 16.2. The number of benzene rings is 2. The Morgan fingerprint density at radius 3 is 2.59 bits per heavy atom. The van der Waals surface area contributed by atoms with Crippen LogP contribution in [0, 0.1) is 6.92 Å². The molecule has 140 valence electrons. The third-order valence-electron chi connectivity index (χ3n) is 3.91. The van der Waals surface area contributed by atoms with E-state index in [4.69, 9.17) is 4.74 Å². The maximum atomic E-state index is 12.2. The van der Waals surface area contributed by atoms with E-state index in [9.17, 15) is 4.79 Å². The Balaban J connectivity index is 1.47. The topological polar surface area (TPSA) is 69.0 Å². The van der Waals surface area contributed by atoms with E-state index in [1.54, 1.807) is 11.8 Å². The molecule has 0 aliphatic heterocycles. The number of thioether (sulfide) groups is 1. The Kier molecular flexibility index (Phi) is 6.49. The third kappa shape index (κ3) is 5.59. The van der Waals surface area contributed by atoms with Crippen molar-refractivity contribution in [1.29, 1.82) is 0 Å². The van der Waals surface area contributed by atoms with Crippen LogP contribution >= 0.6 is 11.8 Å². The van der Waals surface area contributed by atoms with Gasteiger partial charge < -0.3 is 14.6 Å². The van der Waals surface area contributed by atoms with Crippen molar-refractivity contribution >= 4 is 23.4 Å². The molecule has 6 nitrogen and oxygen atoms in total. The second-order valence-corrected chi connectivity index (χ2v) is 7.12. The van der Waals surface area contributed by atoms with E-state index in [1.165, 1.54) is 0 Å². The SMILES string of the molecule is Cc1ccc(NC(=O)Cc2nnc(SCCOc3ccccc3)n2C)cc1. The number of nitrogens with zero attached hydrogens (tertiary/aromatic N) is 3. The molecule has 0 atom stereocenters. The molecule has 0 spiro atoms. The van der Waals surface area contributed by atoms with Crippen molar-refractivity contribution in [3.8, 4) is 5.75 Å². The fourth-order valence-electron chi connectivity index (χ4n) is 2.42. The molecule has 1 heterocycles. The molecule has 0 unspecified atom stereocenters. The first kappa shape index (κ1) is 19.0. The average molecular weight is 382 g/mol. The van der Waals surface area contributed by atoms with Gasteiger partial charge in [-0.05, 0) is 31.2 Å². The zero-order valence-electron chi connectivity index (χ0n) is 15.4. The Labute approximate surface area is 163 Å². The van der Waals surface area contributed by atoms with Crippen LogP contribution in [0.1, 0.15) is 11.4 Å². The van der Waals surface area contributed by atoms with Crippen LogP contribution in [-0.2, 0) is 18.3 Å². The quantitative estimate of drug-likeness (QED) is 0.477. The van der Waals surface area contributed by atoms with Crippen LogP contribution in [0.15, 0.2) is 59.8 Å². The highest BCUT2D eigenvalue weighted by Gasteiger charge is 2.13. The van der Waals surface area contributed by atoms with Gasteiger partial charge in [0.25, 0.3) is 0 Å². The first-order chi connectivity index (χ1) is 13.1. The number of hydrogen-bond donors (Lipinski definition) is 1. The number of nitrogens with one attached hydrogen (secondary N) is 1. The Hall–Kier alpha value is -2.80. The molecular weight excluding hydrogens is 360 g/mol. The van der Waals surface area contributed by atoms with Gasteiger partial charge in [0, 0.05) is 18.5 Å². The van der Waals surface area contributed by atoms with Crippen LogP contribution in [-0.4, -0.2) is 33.0 Å². The predicted molar refractivity (Wildman–Crippen MR) is 107 cm³/mol. The monoisotopic (exact) mass is 382 g/mol. The molecule has 27 heavy (non-hydrogen) atoms. The lowest BCUT2D eigenvalue weighted by atomic mass is 10.2. The lowest BCUT2D eigenvalue weighted by Gasteiger charge is -2.07. The fourth-order valence-corrected chi connectivity index (χ4v) is 3.17. The Bertz CT molecular complexity index is 879. The summed E-state index contributed by atoms with van der Waals surface area (Å²) in [6.45, 7) is 2.58. The van der Waals surface area contributed by atoms with Crippen molar-refractivity contribution in [3.63, 3.8) is 0 Å². The van der Waals surface area contributed by atoms with Crippen molar-refractivity contribution in [1.82, 2.24) is 14.8 Å². The summed E-state index contributed by atoms with van der Waals surface area (Å²) in [6.07, 6.45) is 0.179. The number of aromatic nitrogens is 3. The van der Waals surface area contributed by atoms with Crippen molar-refractivity contribution in [2.75, 3.05) is 17.7 Å². The van der Waals surface area contributed by atoms with E-state index in [2.05, 4.69) is 15.5 Å². The average Bonchev–Trinajstić information content (AvgIpc) is 3.01. The molecular formula is C20H22N4O2S. The van der Waals surface area contributed by atoms with Crippen LogP contribution in [0.5, 0.6) is 5.75 Å². The van der Waals surface area contributed by atoms with E-state index in [-0.39, 0.29) is 12.3 Å². The van der Waals surface area contributed by atoms with Gasteiger partial charge in [0.1, 0.15) is 11.6 Å². The van der Waals surface area contributed by atoms with E-state index in [1.807, 2.05) is 73.1 Å². The number of carbonyl (C=O) groups is 1. The molecule has 0 bridgehead atoms. The standard InChI is InChI=1S/C20H22N4O2S/c1-15-8-10-16(11-9-15)21-19(25)14-18-22-23-20(24(18)2)27-13-12-26-17-6-4-3-5-7-17/h3-11H,12-14H2,1-2H3,(H,21,25). The molecule has 2 aromatic carbocycles. The van der Waals surface area contributed by atoms with E-state index in [0.717, 1.165) is 27.9 Å². The maximum absolute atomic E-state index is 12.2. The van der Waals surface area contributed by atoms with Gasteiger partial charge in [0.05, 0.1) is 13.0 Å². The minimum atomic E-state index is -0.113. The first-order valence-corrected chi connectivity index (χ1v) is 9.66. The molecule has 3 rings (SSSR count). The Morgan fingerprint density at radius 1 is 1.11 bits per heavy atom. The number of aryl methyl sites for hydroxylation is 1. The predicted octanol–water partition coefficient (Wildman–Crippen LogP) is 3.48. The molecule has 1 N–H and O–H groups in total. The fraction of sp³-hybridized carbons (Fsp3) is 0.250. The van der Waals surface area contributed by atoms with Crippen LogP contribution in [0.3, 0.4) is 0 Å². The lowest BCUT2D eigenvalue weighted by molar-refractivity contribution is -0.115. The van der Waals surface area contributed by atoms with Crippen molar-refractivity contribution in [2.45, 2.75) is 18.5 Å². The second-order valence-electron chi connectivity index (χ2n) is 6.06. The Morgan fingerprint density at radius 2 is 1.85 bits per heavy atom. The summed E-state index contributed by atoms with van der Waals surface area (Å²) in [5.41, 5.74) is 1.93. The van der Waals surface area contributed by atoms with Gasteiger partial charge in [0.15, 0.2) is 5.16 Å².